The lowest BCUT2D eigenvalue weighted by atomic mass is 10.1. The van der Waals surface area contributed by atoms with Gasteiger partial charge in [0.05, 0.1) is 17.2 Å². The maximum Gasteiger partial charge on any atom is 0.273 e. The molecular formula is C19H17N3O3S. The van der Waals surface area contributed by atoms with Gasteiger partial charge in [-0.05, 0) is 47.5 Å². The van der Waals surface area contributed by atoms with E-state index in [9.17, 15) is 14.9 Å². The molecular weight excluding hydrogens is 350 g/mol. The molecule has 2 heterocycles. The Morgan fingerprint density at radius 3 is 2.69 bits per heavy atom. The molecule has 0 spiro atoms. The van der Waals surface area contributed by atoms with Crippen LogP contribution in [0, 0.1) is 17.0 Å². The monoisotopic (exact) mass is 367 g/mol. The Balaban J connectivity index is 1.94. The molecule has 3 aromatic rings. The SMILES string of the molecule is Cc1c(C(=O)N(Cc2ccsc2)Cc2ccccn2)cccc1[N+](=O)[O-]. The largest absolute Gasteiger partial charge is 0.328 e. The third-order valence-corrected chi connectivity index (χ3v) is 4.78. The Morgan fingerprint density at radius 1 is 1.19 bits per heavy atom. The summed E-state index contributed by atoms with van der Waals surface area (Å²) in [5.41, 5.74) is 2.44. The molecule has 0 radical (unpaired) electrons. The Kier molecular flexibility index (Phi) is 5.38. The smallest absolute Gasteiger partial charge is 0.273 e. The van der Waals surface area contributed by atoms with Crippen LogP contribution in [0.5, 0.6) is 0 Å². The lowest BCUT2D eigenvalue weighted by molar-refractivity contribution is -0.385. The number of benzene rings is 1. The number of thiophene rings is 1. The minimum Gasteiger partial charge on any atom is -0.328 e. The second-order valence-electron chi connectivity index (χ2n) is 5.82. The molecule has 0 aliphatic carbocycles. The summed E-state index contributed by atoms with van der Waals surface area (Å²) in [4.78, 5) is 29.8. The van der Waals surface area contributed by atoms with Crippen LogP contribution in [0.25, 0.3) is 0 Å². The van der Waals surface area contributed by atoms with Crippen LogP contribution >= 0.6 is 11.3 Å². The molecule has 26 heavy (non-hydrogen) atoms. The number of hydrogen-bond donors (Lipinski definition) is 0. The molecule has 0 bridgehead atoms. The number of carbonyl (C=O) groups is 1. The minimum atomic E-state index is -0.464. The number of nitro benzene ring substituents is 1. The molecule has 0 saturated heterocycles. The maximum absolute atomic E-state index is 13.2. The van der Waals surface area contributed by atoms with Gasteiger partial charge in [-0.3, -0.25) is 19.9 Å². The number of nitrogens with zero attached hydrogens (tertiary/aromatic N) is 3. The van der Waals surface area contributed by atoms with Gasteiger partial charge in [-0.2, -0.15) is 11.3 Å². The summed E-state index contributed by atoms with van der Waals surface area (Å²) in [6, 6.07) is 12.1. The number of amides is 1. The summed E-state index contributed by atoms with van der Waals surface area (Å²) in [7, 11) is 0. The number of pyridine rings is 1. The van der Waals surface area contributed by atoms with Crippen molar-refractivity contribution in [3.05, 3.63) is 91.9 Å². The van der Waals surface area contributed by atoms with E-state index in [1.165, 1.54) is 6.07 Å². The van der Waals surface area contributed by atoms with Gasteiger partial charge in [0.1, 0.15) is 0 Å². The molecule has 6 nitrogen and oxygen atoms in total. The fraction of sp³-hybridized carbons (Fsp3) is 0.158. The summed E-state index contributed by atoms with van der Waals surface area (Å²) in [5, 5.41) is 15.1. The van der Waals surface area contributed by atoms with Gasteiger partial charge in [0, 0.05) is 29.9 Å². The van der Waals surface area contributed by atoms with Crippen LogP contribution in [0.15, 0.2) is 59.4 Å². The van der Waals surface area contributed by atoms with Crippen LogP contribution in [0.4, 0.5) is 5.69 Å². The molecule has 0 aliphatic rings. The van der Waals surface area contributed by atoms with Gasteiger partial charge in [0.15, 0.2) is 0 Å². The summed E-state index contributed by atoms with van der Waals surface area (Å²) in [6.45, 7) is 2.35. The van der Waals surface area contributed by atoms with Crippen molar-refractivity contribution in [1.82, 2.24) is 9.88 Å². The topological polar surface area (TPSA) is 76.3 Å². The normalized spacial score (nSPS) is 10.5. The first-order valence-corrected chi connectivity index (χ1v) is 8.95. The van der Waals surface area contributed by atoms with Crippen LogP contribution in [-0.4, -0.2) is 20.7 Å². The highest BCUT2D eigenvalue weighted by Crippen LogP contribution is 2.24. The predicted molar refractivity (Wildman–Crippen MR) is 100.0 cm³/mol. The average molecular weight is 367 g/mol. The standard InChI is InChI=1S/C19H17N3O3S/c1-14-17(6-4-7-18(14)22(24)25)19(23)21(11-15-8-10-26-13-15)12-16-5-2-3-9-20-16/h2-10,13H,11-12H2,1H3. The minimum absolute atomic E-state index is 0.0517. The van der Waals surface area contributed by atoms with Crippen LogP contribution in [0.3, 0.4) is 0 Å². The fourth-order valence-corrected chi connectivity index (χ4v) is 3.37. The van der Waals surface area contributed by atoms with Crippen molar-refractivity contribution in [1.29, 1.82) is 0 Å². The molecule has 7 heteroatoms. The van der Waals surface area contributed by atoms with Crippen molar-refractivity contribution in [3.63, 3.8) is 0 Å². The molecule has 1 amide bonds. The summed E-state index contributed by atoms with van der Waals surface area (Å²) >= 11 is 1.56. The van der Waals surface area contributed by atoms with Gasteiger partial charge < -0.3 is 4.90 Å². The van der Waals surface area contributed by atoms with Crippen molar-refractivity contribution in [2.24, 2.45) is 0 Å². The van der Waals surface area contributed by atoms with E-state index in [0.717, 1.165) is 11.3 Å². The first-order valence-electron chi connectivity index (χ1n) is 8.00. The molecule has 3 rings (SSSR count). The lowest BCUT2D eigenvalue weighted by Crippen LogP contribution is -2.31. The van der Waals surface area contributed by atoms with Crippen molar-refractivity contribution in [3.8, 4) is 0 Å². The quantitative estimate of drug-likeness (QED) is 0.483. The van der Waals surface area contributed by atoms with E-state index in [0.29, 0.717) is 24.2 Å². The van der Waals surface area contributed by atoms with E-state index in [1.54, 1.807) is 41.5 Å². The van der Waals surface area contributed by atoms with Crippen LogP contribution in [0.1, 0.15) is 27.2 Å². The third-order valence-electron chi connectivity index (χ3n) is 4.05. The van der Waals surface area contributed by atoms with Crippen LogP contribution in [-0.2, 0) is 13.1 Å². The van der Waals surface area contributed by atoms with Crippen molar-refractivity contribution in [2.75, 3.05) is 0 Å². The first kappa shape index (κ1) is 17.8. The Hall–Kier alpha value is -3.06. The highest BCUT2D eigenvalue weighted by Gasteiger charge is 2.23. The van der Waals surface area contributed by atoms with E-state index in [2.05, 4.69) is 4.98 Å². The van der Waals surface area contributed by atoms with Gasteiger partial charge in [0.2, 0.25) is 0 Å². The van der Waals surface area contributed by atoms with E-state index < -0.39 is 4.92 Å². The maximum atomic E-state index is 13.2. The van der Waals surface area contributed by atoms with E-state index >= 15 is 0 Å². The Bertz CT molecular complexity index is 911. The predicted octanol–water partition coefficient (Wildman–Crippen LogP) is 4.20. The zero-order valence-electron chi connectivity index (χ0n) is 14.2. The number of nitro groups is 1. The second-order valence-corrected chi connectivity index (χ2v) is 6.60. The lowest BCUT2D eigenvalue weighted by Gasteiger charge is -2.23. The summed E-state index contributed by atoms with van der Waals surface area (Å²) < 4.78 is 0. The highest BCUT2D eigenvalue weighted by atomic mass is 32.1. The molecule has 2 aromatic heterocycles. The second kappa shape index (κ2) is 7.88. The number of aromatic nitrogens is 1. The summed E-state index contributed by atoms with van der Waals surface area (Å²) in [5.74, 6) is -0.247. The number of hydrogen-bond acceptors (Lipinski definition) is 5. The van der Waals surface area contributed by atoms with Gasteiger partial charge in [0.25, 0.3) is 11.6 Å². The molecule has 0 fully saturated rings. The molecule has 0 saturated carbocycles. The van der Waals surface area contributed by atoms with Crippen LogP contribution < -0.4 is 0 Å². The molecule has 0 aliphatic heterocycles. The van der Waals surface area contributed by atoms with Gasteiger partial charge in [-0.25, -0.2) is 0 Å². The highest BCUT2D eigenvalue weighted by molar-refractivity contribution is 7.07. The Morgan fingerprint density at radius 2 is 2.04 bits per heavy atom. The van der Waals surface area contributed by atoms with Gasteiger partial charge in [-0.15, -0.1) is 0 Å². The van der Waals surface area contributed by atoms with E-state index in [4.69, 9.17) is 0 Å². The molecule has 0 unspecified atom stereocenters. The average Bonchev–Trinajstić information content (AvgIpc) is 3.14. The van der Waals surface area contributed by atoms with Crippen molar-refractivity contribution < 1.29 is 9.72 Å². The third kappa shape index (κ3) is 3.94. The van der Waals surface area contributed by atoms with Crippen molar-refractivity contribution in [2.45, 2.75) is 20.0 Å². The van der Waals surface area contributed by atoms with E-state index in [-0.39, 0.29) is 11.6 Å². The van der Waals surface area contributed by atoms with Crippen LogP contribution in [0.2, 0.25) is 0 Å². The van der Waals surface area contributed by atoms with E-state index in [1.807, 2.05) is 35.0 Å². The zero-order valence-corrected chi connectivity index (χ0v) is 15.0. The van der Waals surface area contributed by atoms with Gasteiger partial charge in [-0.1, -0.05) is 12.1 Å². The molecule has 132 valence electrons. The molecule has 1 aromatic carbocycles. The van der Waals surface area contributed by atoms with Crippen molar-refractivity contribution >= 4 is 22.9 Å². The molecule has 0 N–H and O–H groups in total. The Labute approximate surface area is 154 Å². The summed E-state index contributed by atoms with van der Waals surface area (Å²) in [6.07, 6.45) is 1.68. The number of carbonyl (C=O) groups excluding carboxylic acids is 1. The van der Waals surface area contributed by atoms with Gasteiger partial charge >= 0.3 is 0 Å². The molecule has 0 atom stereocenters. The fourth-order valence-electron chi connectivity index (χ4n) is 2.71. The first-order chi connectivity index (χ1) is 12.6. The number of rotatable bonds is 6. The zero-order chi connectivity index (χ0) is 18.5.